The minimum Gasteiger partial charge on any atom is -0.508 e. The van der Waals surface area contributed by atoms with Gasteiger partial charge in [0.1, 0.15) is 34.6 Å². The molecule has 1 aromatic carbocycles. The van der Waals surface area contributed by atoms with Crippen LogP contribution in [0.2, 0.25) is 0 Å². The van der Waals surface area contributed by atoms with E-state index in [1.54, 1.807) is 14.1 Å². The maximum absolute atomic E-state index is 13.5. The maximum atomic E-state index is 13.5. The molecule has 18 nitrogen and oxygen atoms in total. The molecular formula is C24H25N11O7S2. The van der Waals surface area contributed by atoms with E-state index in [2.05, 4.69) is 46.8 Å². The number of hydrogen-bond donors (Lipinski definition) is 7. The van der Waals surface area contributed by atoms with E-state index in [4.69, 9.17) is 0 Å². The van der Waals surface area contributed by atoms with Gasteiger partial charge in [-0.15, -0.1) is 16.9 Å². The second-order valence-electron chi connectivity index (χ2n) is 9.37. The van der Waals surface area contributed by atoms with Crippen LogP contribution in [0.15, 0.2) is 51.7 Å². The van der Waals surface area contributed by atoms with Gasteiger partial charge in [0.25, 0.3) is 11.5 Å². The number of carbonyl (C=O) groups is 4. The van der Waals surface area contributed by atoms with Crippen molar-refractivity contribution in [3.05, 3.63) is 57.6 Å². The van der Waals surface area contributed by atoms with Crippen molar-refractivity contribution in [2.45, 2.75) is 22.6 Å². The largest absolute Gasteiger partial charge is 0.508 e. The normalized spacial score (nSPS) is 18.1. The first-order valence-corrected chi connectivity index (χ1v) is 14.8. The van der Waals surface area contributed by atoms with E-state index in [1.807, 2.05) is 0 Å². The number of rotatable bonds is 10. The molecule has 0 saturated carbocycles. The van der Waals surface area contributed by atoms with Crippen LogP contribution in [0.1, 0.15) is 11.6 Å². The summed E-state index contributed by atoms with van der Waals surface area (Å²) in [5.41, 5.74) is -0.239. The third-order valence-electron chi connectivity index (χ3n) is 6.55. The average molecular weight is 644 g/mol. The lowest BCUT2D eigenvalue weighted by Crippen LogP contribution is -2.71. The van der Waals surface area contributed by atoms with E-state index < -0.39 is 46.8 Å². The molecule has 0 aliphatic carbocycles. The number of β-lactam (4-membered cyclic amide) rings is 1. The maximum Gasteiger partial charge on any atom is 0.352 e. The van der Waals surface area contributed by atoms with Crippen molar-refractivity contribution in [1.29, 1.82) is 0 Å². The van der Waals surface area contributed by atoms with Gasteiger partial charge in [0.05, 0.1) is 6.20 Å². The molecule has 230 valence electrons. The number of aliphatic carboxylic acids is 1. The highest BCUT2D eigenvalue weighted by atomic mass is 32.2. The summed E-state index contributed by atoms with van der Waals surface area (Å²) in [6.45, 7) is 0. The number of aromatic hydroxyl groups is 1. The molecule has 20 heteroatoms. The molecule has 7 N–H and O–H groups in total. The molecule has 4 heterocycles. The Labute approximate surface area is 256 Å². The number of aromatic nitrogens is 6. The van der Waals surface area contributed by atoms with Gasteiger partial charge in [-0.2, -0.15) is 0 Å². The van der Waals surface area contributed by atoms with Gasteiger partial charge in [-0.1, -0.05) is 23.9 Å². The topological polar surface area (TPSA) is 249 Å². The molecule has 4 amide bonds. The van der Waals surface area contributed by atoms with E-state index >= 15 is 0 Å². The Balaban J connectivity index is 1.31. The molecule has 5 rings (SSSR count). The lowest BCUT2D eigenvalue weighted by atomic mass is 10.0. The first-order valence-electron chi connectivity index (χ1n) is 12.8. The predicted octanol–water partition coefficient (Wildman–Crippen LogP) is -0.566. The fourth-order valence-corrected chi connectivity index (χ4v) is 6.73. The SMILES string of the molecule is CNc1ncc(NC(=O)N[C@@H](C(=O)NC2C(=O)N3C(C(=O)O)=C(CSc4nnnn4C)CS[C@H]23)c2ccc(O)cc2)c(=O)[nH]1. The molecule has 0 bridgehead atoms. The first kappa shape index (κ1) is 30.4. The Morgan fingerprint density at radius 1 is 1.23 bits per heavy atom. The molecule has 3 aromatic rings. The minimum atomic E-state index is -1.36. The van der Waals surface area contributed by atoms with Crippen molar-refractivity contribution >= 4 is 59.0 Å². The average Bonchev–Trinajstić information content (AvgIpc) is 3.42. The van der Waals surface area contributed by atoms with Gasteiger partial charge in [-0.25, -0.2) is 19.3 Å². The number of phenolic OH excluding ortho intramolecular Hbond substituents is 1. The number of H-pyrrole nitrogens is 1. The molecule has 2 aromatic heterocycles. The van der Waals surface area contributed by atoms with E-state index in [9.17, 15) is 34.2 Å². The molecule has 1 unspecified atom stereocenters. The number of urea groups is 1. The van der Waals surface area contributed by atoms with Gasteiger partial charge < -0.3 is 31.5 Å². The Bertz CT molecular complexity index is 1710. The number of nitrogens with zero attached hydrogens (tertiary/aromatic N) is 6. The van der Waals surface area contributed by atoms with Crippen LogP contribution in [0.25, 0.3) is 0 Å². The quantitative estimate of drug-likeness (QED) is 0.108. The number of nitrogens with one attached hydrogen (secondary N) is 5. The summed E-state index contributed by atoms with van der Waals surface area (Å²) >= 11 is 2.51. The van der Waals surface area contributed by atoms with E-state index in [-0.39, 0.29) is 40.2 Å². The molecule has 0 spiro atoms. The van der Waals surface area contributed by atoms with Gasteiger partial charge >= 0.3 is 12.0 Å². The van der Waals surface area contributed by atoms with Gasteiger partial charge in [-0.3, -0.25) is 24.3 Å². The number of aryl methyl sites for hydroxylation is 1. The van der Waals surface area contributed by atoms with E-state index in [0.29, 0.717) is 10.7 Å². The number of aromatic amines is 1. The second kappa shape index (κ2) is 12.6. The number of tetrazole rings is 1. The van der Waals surface area contributed by atoms with Crippen molar-refractivity contribution in [1.82, 2.24) is 45.7 Å². The summed E-state index contributed by atoms with van der Waals surface area (Å²) in [6.07, 6.45) is 1.13. The third kappa shape index (κ3) is 6.15. The molecule has 3 atom stereocenters. The first-order chi connectivity index (χ1) is 21.1. The second-order valence-corrected chi connectivity index (χ2v) is 11.4. The zero-order chi connectivity index (χ0) is 31.5. The molecule has 2 aliphatic rings. The van der Waals surface area contributed by atoms with Crippen LogP contribution in [-0.2, 0) is 21.4 Å². The lowest BCUT2D eigenvalue weighted by molar-refractivity contribution is -0.150. The molecule has 44 heavy (non-hydrogen) atoms. The number of benzene rings is 1. The Morgan fingerprint density at radius 3 is 2.61 bits per heavy atom. The highest BCUT2D eigenvalue weighted by Crippen LogP contribution is 2.41. The number of fused-ring (bicyclic) bond motifs is 1. The van der Waals surface area contributed by atoms with Crippen LogP contribution in [0.4, 0.5) is 16.4 Å². The number of hydrogen-bond acceptors (Lipinski definition) is 13. The van der Waals surface area contributed by atoms with Crippen LogP contribution in [0, 0.1) is 0 Å². The minimum absolute atomic E-state index is 0.0830. The highest BCUT2D eigenvalue weighted by Gasteiger charge is 2.54. The molecule has 0 radical (unpaired) electrons. The van der Waals surface area contributed by atoms with Crippen molar-refractivity contribution in [3.8, 4) is 5.75 Å². The van der Waals surface area contributed by atoms with Crippen molar-refractivity contribution < 1.29 is 29.4 Å². The van der Waals surface area contributed by atoms with Crippen molar-refractivity contribution in [2.24, 2.45) is 7.05 Å². The van der Waals surface area contributed by atoms with Gasteiger partial charge in [-0.05, 0) is 33.7 Å². The van der Waals surface area contributed by atoms with Crippen LogP contribution < -0.4 is 26.8 Å². The highest BCUT2D eigenvalue weighted by molar-refractivity contribution is 8.01. The standard InChI is InChI=1S/C24H25N11O7S2/c1-25-22-26-7-13(17(37)30-22)27-23(42)29-14(10-3-5-12(36)6-4-10)18(38)28-15-19(39)35-16(21(40)41)11(8-43-20(15)35)9-44-24-31-32-33-34(24)2/h3-7,14-15,20,36H,8-9H2,1-2H3,(H,28,38)(H,40,41)(H2,27,29,42)(H2,25,26,30,37)/t14-,15?,20-/m1/s1. The van der Waals surface area contributed by atoms with Gasteiger partial charge in [0.15, 0.2) is 0 Å². The summed E-state index contributed by atoms with van der Waals surface area (Å²) < 4.78 is 1.44. The van der Waals surface area contributed by atoms with Gasteiger partial charge in [0.2, 0.25) is 17.0 Å². The smallest absolute Gasteiger partial charge is 0.352 e. The number of phenols is 1. The molecular weight excluding hydrogens is 618 g/mol. The number of anilines is 2. The fraction of sp³-hybridized carbons (Fsp3) is 0.292. The number of carbonyl (C=O) groups excluding carboxylic acids is 3. The van der Waals surface area contributed by atoms with Crippen molar-refractivity contribution in [3.63, 3.8) is 0 Å². The number of amides is 4. The number of carboxylic acid groups (broad SMARTS) is 1. The zero-order valence-corrected chi connectivity index (χ0v) is 24.6. The lowest BCUT2D eigenvalue weighted by Gasteiger charge is -2.49. The van der Waals surface area contributed by atoms with Crippen LogP contribution in [-0.4, -0.2) is 99.1 Å². The van der Waals surface area contributed by atoms with Crippen molar-refractivity contribution in [2.75, 3.05) is 29.2 Å². The molecule has 1 saturated heterocycles. The van der Waals surface area contributed by atoms with Crippen LogP contribution in [0.5, 0.6) is 5.75 Å². The summed E-state index contributed by atoms with van der Waals surface area (Å²) in [6, 6.07) is 2.07. The Morgan fingerprint density at radius 2 is 1.98 bits per heavy atom. The summed E-state index contributed by atoms with van der Waals surface area (Å²) in [7, 11) is 3.20. The zero-order valence-electron chi connectivity index (χ0n) is 23.0. The third-order valence-corrected chi connectivity index (χ3v) is 8.99. The fourth-order valence-electron chi connectivity index (χ4n) is 4.39. The van der Waals surface area contributed by atoms with E-state index in [1.165, 1.54) is 52.5 Å². The van der Waals surface area contributed by atoms with Gasteiger partial charge in [0, 0.05) is 25.6 Å². The Kier molecular flexibility index (Phi) is 8.71. The Hall–Kier alpha value is -5.11. The van der Waals surface area contributed by atoms with Crippen LogP contribution in [0.3, 0.4) is 0 Å². The summed E-state index contributed by atoms with van der Waals surface area (Å²) in [4.78, 5) is 71.5. The number of carboxylic acids is 1. The van der Waals surface area contributed by atoms with Crippen LogP contribution >= 0.6 is 23.5 Å². The summed E-state index contributed by atoms with van der Waals surface area (Å²) in [5, 5.41) is 40.7. The summed E-state index contributed by atoms with van der Waals surface area (Å²) in [5.74, 6) is -2.10. The number of thioether (sulfide) groups is 2. The predicted molar refractivity (Wildman–Crippen MR) is 157 cm³/mol. The van der Waals surface area contributed by atoms with E-state index in [0.717, 1.165) is 11.1 Å². The monoisotopic (exact) mass is 643 g/mol. The molecule has 1 fully saturated rings. The molecule has 2 aliphatic heterocycles.